The third-order valence-electron chi connectivity index (χ3n) is 2.94. The van der Waals surface area contributed by atoms with Gasteiger partial charge in [-0.05, 0) is 30.2 Å². The number of nitrogens with one attached hydrogen (secondary N) is 1. The standard InChI is InChI=1S/C15H17N3O2/c1-20-13-5-3-2-4-11(13)8-9-17-14-7-6-12(10-18-14)15(16)19/h2-7,10H,8-9H2,1H3,(H2,16,19)(H,17,18). The Morgan fingerprint density at radius 2 is 2.10 bits per heavy atom. The molecule has 5 nitrogen and oxygen atoms in total. The van der Waals surface area contributed by atoms with Gasteiger partial charge in [0.15, 0.2) is 0 Å². The Labute approximate surface area is 117 Å². The summed E-state index contributed by atoms with van der Waals surface area (Å²) in [6, 6.07) is 11.3. The van der Waals surface area contributed by atoms with Crippen LogP contribution in [0.3, 0.4) is 0 Å². The summed E-state index contributed by atoms with van der Waals surface area (Å²) in [5, 5.41) is 3.19. The Hall–Kier alpha value is -2.56. The highest BCUT2D eigenvalue weighted by Crippen LogP contribution is 2.17. The number of carbonyl (C=O) groups is 1. The van der Waals surface area contributed by atoms with Crippen molar-refractivity contribution in [3.8, 4) is 5.75 Å². The molecule has 0 fully saturated rings. The second-order valence-electron chi connectivity index (χ2n) is 4.28. The molecule has 3 N–H and O–H groups in total. The fourth-order valence-electron chi connectivity index (χ4n) is 1.88. The summed E-state index contributed by atoms with van der Waals surface area (Å²) in [5.41, 5.74) is 6.70. The Bertz CT molecular complexity index is 582. The van der Waals surface area contributed by atoms with Crippen LogP contribution in [0.4, 0.5) is 5.82 Å². The minimum Gasteiger partial charge on any atom is -0.496 e. The Morgan fingerprint density at radius 1 is 1.30 bits per heavy atom. The van der Waals surface area contributed by atoms with Crippen molar-refractivity contribution in [1.29, 1.82) is 0 Å². The lowest BCUT2D eigenvalue weighted by molar-refractivity contribution is 0.1000. The van der Waals surface area contributed by atoms with Crippen molar-refractivity contribution in [2.24, 2.45) is 5.73 Å². The third-order valence-corrected chi connectivity index (χ3v) is 2.94. The number of carbonyl (C=O) groups excluding carboxylic acids is 1. The van der Waals surface area contributed by atoms with Gasteiger partial charge in [0.05, 0.1) is 12.7 Å². The molecule has 2 aromatic rings. The summed E-state index contributed by atoms with van der Waals surface area (Å²) in [5.74, 6) is 1.12. The highest BCUT2D eigenvalue weighted by atomic mass is 16.5. The van der Waals surface area contributed by atoms with Gasteiger partial charge < -0.3 is 15.8 Å². The van der Waals surface area contributed by atoms with Gasteiger partial charge in [-0.2, -0.15) is 0 Å². The zero-order valence-corrected chi connectivity index (χ0v) is 11.3. The molecule has 20 heavy (non-hydrogen) atoms. The maximum atomic E-state index is 10.9. The summed E-state index contributed by atoms with van der Waals surface area (Å²) < 4.78 is 5.30. The van der Waals surface area contributed by atoms with Crippen molar-refractivity contribution in [2.75, 3.05) is 19.0 Å². The first-order valence-corrected chi connectivity index (χ1v) is 6.32. The number of benzene rings is 1. The minimum atomic E-state index is -0.474. The van der Waals surface area contributed by atoms with Crippen molar-refractivity contribution in [3.63, 3.8) is 0 Å². The molecule has 0 aliphatic carbocycles. The second-order valence-corrected chi connectivity index (χ2v) is 4.28. The fraction of sp³-hybridized carbons (Fsp3) is 0.200. The van der Waals surface area contributed by atoms with Gasteiger partial charge in [0.25, 0.3) is 0 Å². The van der Waals surface area contributed by atoms with E-state index < -0.39 is 5.91 Å². The van der Waals surface area contributed by atoms with Crippen molar-refractivity contribution in [1.82, 2.24) is 4.98 Å². The molecule has 1 aromatic heterocycles. The summed E-state index contributed by atoms with van der Waals surface area (Å²) in [7, 11) is 1.66. The van der Waals surface area contributed by atoms with Crippen molar-refractivity contribution >= 4 is 11.7 Å². The number of pyridine rings is 1. The van der Waals surface area contributed by atoms with E-state index in [1.165, 1.54) is 6.20 Å². The molecule has 104 valence electrons. The summed E-state index contributed by atoms with van der Waals surface area (Å²) >= 11 is 0. The molecule has 5 heteroatoms. The van der Waals surface area contributed by atoms with E-state index in [-0.39, 0.29) is 0 Å². The lowest BCUT2D eigenvalue weighted by Gasteiger charge is -2.09. The number of anilines is 1. The number of nitrogens with two attached hydrogens (primary N) is 1. The number of primary amides is 1. The van der Waals surface area contributed by atoms with E-state index in [4.69, 9.17) is 10.5 Å². The van der Waals surface area contributed by atoms with Crippen LogP contribution in [0.15, 0.2) is 42.6 Å². The first-order chi connectivity index (χ1) is 9.70. The molecule has 1 aromatic carbocycles. The fourth-order valence-corrected chi connectivity index (χ4v) is 1.88. The summed E-state index contributed by atoms with van der Waals surface area (Å²) in [6.07, 6.45) is 2.29. The van der Waals surface area contributed by atoms with E-state index in [2.05, 4.69) is 10.3 Å². The van der Waals surface area contributed by atoms with E-state index in [0.29, 0.717) is 11.4 Å². The lowest BCUT2D eigenvalue weighted by Crippen LogP contribution is -2.12. The molecular weight excluding hydrogens is 254 g/mol. The predicted octanol–water partition coefficient (Wildman–Crippen LogP) is 1.84. The van der Waals surface area contributed by atoms with Crippen LogP contribution in [0.1, 0.15) is 15.9 Å². The predicted molar refractivity (Wildman–Crippen MR) is 77.9 cm³/mol. The molecule has 0 spiro atoms. The number of methoxy groups -OCH3 is 1. The molecule has 0 atom stereocenters. The molecule has 0 aliphatic heterocycles. The van der Waals surface area contributed by atoms with Gasteiger partial charge >= 0.3 is 0 Å². The van der Waals surface area contributed by atoms with Gasteiger partial charge in [-0.3, -0.25) is 4.79 Å². The maximum absolute atomic E-state index is 10.9. The number of ether oxygens (including phenoxy) is 1. The highest BCUT2D eigenvalue weighted by molar-refractivity contribution is 5.92. The molecule has 2 rings (SSSR count). The number of hydrogen-bond acceptors (Lipinski definition) is 4. The van der Waals surface area contributed by atoms with Crippen molar-refractivity contribution in [2.45, 2.75) is 6.42 Å². The zero-order valence-electron chi connectivity index (χ0n) is 11.3. The van der Waals surface area contributed by atoms with Crippen LogP contribution < -0.4 is 15.8 Å². The molecular formula is C15H17N3O2. The summed E-state index contributed by atoms with van der Waals surface area (Å²) in [4.78, 5) is 15.1. The largest absolute Gasteiger partial charge is 0.496 e. The smallest absolute Gasteiger partial charge is 0.250 e. The van der Waals surface area contributed by atoms with Gasteiger partial charge in [0.2, 0.25) is 5.91 Å². The number of aromatic nitrogens is 1. The number of rotatable bonds is 6. The molecule has 1 amide bonds. The summed E-state index contributed by atoms with van der Waals surface area (Å²) in [6.45, 7) is 0.725. The molecule has 0 radical (unpaired) electrons. The van der Waals surface area contributed by atoms with Crippen LogP contribution in [0, 0.1) is 0 Å². The maximum Gasteiger partial charge on any atom is 0.250 e. The number of hydrogen-bond donors (Lipinski definition) is 2. The van der Waals surface area contributed by atoms with Crippen LogP contribution in [0.25, 0.3) is 0 Å². The monoisotopic (exact) mass is 271 g/mol. The van der Waals surface area contributed by atoms with Crippen LogP contribution in [0.5, 0.6) is 5.75 Å². The van der Waals surface area contributed by atoms with E-state index in [0.717, 1.165) is 24.3 Å². The lowest BCUT2D eigenvalue weighted by atomic mass is 10.1. The number of amides is 1. The first-order valence-electron chi connectivity index (χ1n) is 6.32. The SMILES string of the molecule is COc1ccccc1CCNc1ccc(C(N)=O)cn1. The normalized spacial score (nSPS) is 10.1. The Morgan fingerprint density at radius 3 is 2.75 bits per heavy atom. The highest BCUT2D eigenvalue weighted by Gasteiger charge is 2.03. The second kappa shape index (κ2) is 6.56. The van der Waals surface area contributed by atoms with Crippen LogP contribution in [-0.4, -0.2) is 24.5 Å². The van der Waals surface area contributed by atoms with E-state index in [9.17, 15) is 4.79 Å². The van der Waals surface area contributed by atoms with E-state index in [1.54, 1.807) is 19.2 Å². The van der Waals surface area contributed by atoms with Gasteiger partial charge in [0.1, 0.15) is 11.6 Å². The molecule has 0 saturated heterocycles. The minimum absolute atomic E-state index is 0.403. The van der Waals surface area contributed by atoms with Gasteiger partial charge in [-0.15, -0.1) is 0 Å². The molecule has 0 aliphatic rings. The van der Waals surface area contributed by atoms with Crippen molar-refractivity contribution < 1.29 is 9.53 Å². The Kier molecular flexibility index (Phi) is 4.55. The number of nitrogens with zero attached hydrogens (tertiary/aromatic N) is 1. The van der Waals surface area contributed by atoms with E-state index in [1.807, 2.05) is 24.3 Å². The Balaban J connectivity index is 1.91. The van der Waals surface area contributed by atoms with Crippen LogP contribution in [-0.2, 0) is 6.42 Å². The third kappa shape index (κ3) is 3.47. The van der Waals surface area contributed by atoms with Crippen LogP contribution >= 0.6 is 0 Å². The van der Waals surface area contributed by atoms with Crippen LogP contribution in [0.2, 0.25) is 0 Å². The first kappa shape index (κ1) is 13.9. The van der Waals surface area contributed by atoms with Gasteiger partial charge in [-0.1, -0.05) is 18.2 Å². The quantitative estimate of drug-likeness (QED) is 0.840. The number of para-hydroxylation sites is 1. The molecule has 0 saturated carbocycles. The van der Waals surface area contributed by atoms with Crippen molar-refractivity contribution in [3.05, 3.63) is 53.7 Å². The molecule has 1 heterocycles. The molecule has 0 unspecified atom stereocenters. The molecule has 0 bridgehead atoms. The van der Waals surface area contributed by atoms with Gasteiger partial charge in [-0.25, -0.2) is 4.98 Å². The average molecular weight is 271 g/mol. The zero-order chi connectivity index (χ0) is 14.4. The topological polar surface area (TPSA) is 77.2 Å². The average Bonchev–Trinajstić information content (AvgIpc) is 2.48. The van der Waals surface area contributed by atoms with E-state index >= 15 is 0 Å². The van der Waals surface area contributed by atoms with Gasteiger partial charge in [0, 0.05) is 12.7 Å².